The van der Waals surface area contributed by atoms with Crippen molar-refractivity contribution >= 4 is 40.0 Å². The predicted octanol–water partition coefficient (Wildman–Crippen LogP) is 6.61. The molecule has 4 N–H and O–H groups in total. The van der Waals surface area contributed by atoms with Gasteiger partial charge in [-0.2, -0.15) is 0 Å². The lowest BCUT2D eigenvalue weighted by atomic mass is 9.94. The standard InChI is InChI=1S/C36H41N3O3S/c1-36(2,3)39-35(42)28-13-7-6-12-26(28)23-33(40)32(19-21-43-27-18-17-24-10-4-5-11-25(24)22-27)38-34(41)30-14-8-16-31-29(30)15-9-20-37-31/h4-8,10-14,16-18,22,32-33,37,40H,9,15,19-21,23H2,1-3H3,(H,38,41)(H,39,42)/t32-,33+/m0/s1. The van der Waals surface area contributed by atoms with Crippen LogP contribution in [-0.4, -0.2) is 46.9 Å². The molecule has 0 saturated heterocycles. The van der Waals surface area contributed by atoms with Crippen LogP contribution in [0.5, 0.6) is 0 Å². The lowest BCUT2D eigenvalue weighted by molar-refractivity contribution is 0.0822. The Morgan fingerprint density at radius 1 is 0.907 bits per heavy atom. The second-order valence-electron chi connectivity index (χ2n) is 12.2. The molecule has 4 aromatic carbocycles. The lowest BCUT2D eigenvalue weighted by Gasteiger charge is -2.27. The van der Waals surface area contributed by atoms with Crippen LogP contribution < -0.4 is 16.0 Å². The van der Waals surface area contributed by atoms with Gasteiger partial charge in [-0.3, -0.25) is 9.59 Å². The Hall–Kier alpha value is -3.81. The van der Waals surface area contributed by atoms with Gasteiger partial charge in [0.15, 0.2) is 0 Å². The van der Waals surface area contributed by atoms with Gasteiger partial charge in [0.2, 0.25) is 0 Å². The number of anilines is 1. The molecule has 2 atom stereocenters. The Balaban J connectivity index is 1.35. The summed E-state index contributed by atoms with van der Waals surface area (Å²) in [4.78, 5) is 27.9. The first-order chi connectivity index (χ1) is 20.7. The van der Waals surface area contributed by atoms with E-state index in [1.807, 2.05) is 69.3 Å². The number of thioether (sulfide) groups is 1. The van der Waals surface area contributed by atoms with Gasteiger partial charge in [0, 0.05) is 46.0 Å². The van der Waals surface area contributed by atoms with E-state index in [9.17, 15) is 14.7 Å². The molecule has 2 amide bonds. The second-order valence-corrected chi connectivity index (χ2v) is 13.4. The summed E-state index contributed by atoms with van der Waals surface area (Å²) < 4.78 is 0. The van der Waals surface area contributed by atoms with E-state index in [1.165, 1.54) is 10.8 Å². The van der Waals surface area contributed by atoms with Crippen molar-refractivity contribution in [1.82, 2.24) is 10.6 Å². The number of amides is 2. The van der Waals surface area contributed by atoms with Crippen molar-refractivity contribution in [2.75, 3.05) is 17.6 Å². The van der Waals surface area contributed by atoms with Crippen molar-refractivity contribution in [3.05, 3.63) is 107 Å². The highest BCUT2D eigenvalue weighted by Crippen LogP contribution is 2.27. The minimum Gasteiger partial charge on any atom is -0.391 e. The molecule has 5 rings (SSSR count). The SMILES string of the molecule is CC(C)(C)NC(=O)c1ccccc1C[C@@H](O)[C@H](CCSc1ccc2ccccc2c1)NC(=O)c1cccc2c1CCCN2. The monoisotopic (exact) mass is 595 g/mol. The van der Waals surface area contributed by atoms with Crippen LogP contribution in [0, 0.1) is 0 Å². The Kier molecular flexibility index (Phi) is 9.73. The van der Waals surface area contributed by atoms with Gasteiger partial charge >= 0.3 is 0 Å². The van der Waals surface area contributed by atoms with Gasteiger partial charge in [-0.1, -0.05) is 54.6 Å². The van der Waals surface area contributed by atoms with Gasteiger partial charge < -0.3 is 21.1 Å². The molecule has 7 heteroatoms. The molecule has 0 fully saturated rings. The van der Waals surface area contributed by atoms with E-state index < -0.39 is 12.1 Å². The summed E-state index contributed by atoms with van der Waals surface area (Å²) in [6, 6.07) is 27.3. The van der Waals surface area contributed by atoms with Crippen LogP contribution in [0.2, 0.25) is 0 Å². The highest BCUT2D eigenvalue weighted by Gasteiger charge is 2.26. The molecule has 4 aromatic rings. The maximum atomic E-state index is 13.7. The normalized spacial score (nSPS) is 14.3. The quantitative estimate of drug-likeness (QED) is 0.155. The molecule has 0 saturated carbocycles. The van der Waals surface area contributed by atoms with Crippen LogP contribution in [0.25, 0.3) is 10.8 Å². The molecule has 0 radical (unpaired) electrons. The fourth-order valence-electron chi connectivity index (χ4n) is 5.59. The number of nitrogens with one attached hydrogen (secondary N) is 3. The molecule has 6 nitrogen and oxygen atoms in total. The first kappa shape index (κ1) is 30.6. The number of carbonyl (C=O) groups is 2. The molecule has 1 heterocycles. The summed E-state index contributed by atoms with van der Waals surface area (Å²) in [6.45, 7) is 6.73. The topological polar surface area (TPSA) is 90.5 Å². The molecule has 0 aliphatic carbocycles. The average molecular weight is 596 g/mol. The minimum atomic E-state index is -0.887. The number of hydrogen-bond donors (Lipinski definition) is 4. The summed E-state index contributed by atoms with van der Waals surface area (Å²) in [7, 11) is 0. The van der Waals surface area contributed by atoms with E-state index in [0.29, 0.717) is 23.3 Å². The van der Waals surface area contributed by atoms with Gasteiger partial charge in [0.05, 0.1) is 12.1 Å². The Morgan fingerprint density at radius 2 is 1.65 bits per heavy atom. The lowest BCUT2D eigenvalue weighted by Crippen LogP contribution is -2.45. The fraction of sp³-hybridized carbons (Fsp3) is 0.333. The third kappa shape index (κ3) is 7.98. The molecule has 224 valence electrons. The van der Waals surface area contributed by atoms with Crippen LogP contribution in [0.15, 0.2) is 89.8 Å². The van der Waals surface area contributed by atoms with Crippen molar-refractivity contribution in [3.63, 3.8) is 0 Å². The summed E-state index contributed by atoms with van der Waals surface area (Å²) >= 11 is 1.71. The van der Waals surface area contributed by atoms with Gasteiger partial charge in [-0.15, -0.1) is 11.8 Å². The van der Waals surface area contributed by atoms with Crippen molar-refractivity contribution in [2.45, 2.75) is 69.0 Å². The molecule has 0 aromatic heterocycles. The van der Waals surface area contributed by atoms with Crippen molar-refractivity contribution < 1.29 is 14.7 Å². The molecular formula is C36H41N3O3S. The Bertz CT molecular complexity index is 1600. The molecule has 0 unspecified atom stereocenters. The molecule has 0 bridgehead atoms. The van der Waals surface area contributed by atoms with Crippen molar-refractivity contribution in [1.29, 1.82) is 0 Å². The summed E-state index contributed by atoms with van der Waals surface area (Å²) in [5, 5.41) is 23.6. The minimum absolute atomic E-state index is 0.175. The van der Waals surface area contributed by atoms with Crippen LogP contribution in [-0.2, 0) is 12.8 Å². The number of aliphatic hydroxyl groups is 1. The summed E-state index contributed by atoms with van der Waals surface area (Å²) in [5.74, 6) is 0.353. The molecule has 1 aliphatic heterocycles. The van der Waals surface area contributed by atoms with Crippen molar-refractivity contribution in [2.24, 2.45) is 0 Å². The highest BCUT2D eigenvalue weighted by atomic mass is 32.2. The van der Waals surface area contributed by atoms with Crippen LogP contribution in [0.3, 0.4) is 0 Å². The number of hydrogen-bond acceptors (Lipinski definition) is 5. The van der Waals surface area contributed by atoms with Crippen LogP contribution >= 0.6 is 11.8 Å². The number of carbonyl (C=O) groups excluding carboxylic acids is 2. The van der Waals surface area contributed by atoms with Gasteiger partial charge in [-0.25, -0.2) is 0 Å². The zero-order chi connectivity index (χ0) is 30.4. The Morgan fingerprint density at radius 3 is 2.47 bits per heavy atom. The highest BCUT2D eigenvalue weighted by molar-refractivity contribution is 7.99. The van der Waals surface area contributed by atoms with Crippen LogP contribution in [0.1, 0.15) is 65.5 Å². The largest absolute Gasteiger partial charge is 0.391 e. The van der Waals surface area contributed by atoms with Gasteiger partial charge in [0.1, 0.15) is 0 Å². The number of rotatable bonds is 10. The van der Waals surface area contributed by atoms with Crippen LogP contribution in [0.4, 0.5) is 5.69 Å². The molecule has 43 heavy (non-hydrogen) atoms. The third-order valence-electron chi connectivity index (χ3n) is 7.72. The average Bonchev–Trinajstić information content (AvgIpc) is 2.99. The second kappa shape index (κ2) is 13.7. The van der Waals surface area contributed by atoms with E-state index in [2.05, 4.69) is 46.3 Å². The number of benzene rings is 4. The molecular weight excluding hydrogens is 554 g/mol. The third-order valence-corrected chi connectivity index (χ3v) is 8.75. The zero-order valence-corrected chi connectivity index (χ0v) is 26.0. The fourth-order valence-corrected chi connectivity index (χ4v) is 6.57. The van der Waals surface area contributed by atoms with E-state index >= 15 is 0 Å². The zero-order valence-electron chi connectivity index (χ0n) is 25.2. The maximum Gasteiger partial charge on any atom is 0.251 e. The first-order valence-corrected chi connectivity index (χ1v) is 16.0. The van der Waals surface area contributed by atoms with E-state index in [4.69, 9.17) is 0 Å². The van der Waals surface area contributed by atoms with Gasteiger partial charge in [0.25, 0.3) is 11.8 Å². The predicted molar refractivity (Wildman–Crippen MR) is 177 cm³/mol. The van der Waals surface area contributed by atoms with E-state index in [0.717, 1.165) is 41.1 Å². The van der Waals surface area contributed by atoms with Gasteiger partial charge in [-0.05, 0) is 92.3 Å². The first-order valence-electron chi connectivity index (χ1n) is 15.0. The Labute approximate surface area is 258 Å². The summed E-state index contributed by atoms with van der Waals surface area (Å²) in [6.07, 6.45) is 1.73. The van der Waals surface area contributed by atoms with Crippen molar-refractivity contribution in [3.8, 4) is 0 Å². The molecule has 0 spiro atoms. The van der Waals surface area contributed by atoms with E-state index in [-0.39, 0.29) is 23.8 Å². The number of aliphatic hydroxyl groups excluding tert-OH is 1. The smallest absolute Gasteiger partial charge is 0.251 e. The summed E-state index contributed by atoms with van der Waals surface area (Å²) in [5.41, 5.74) is 3.57. The van der Waals surface area contributed by atoms with E-state index in [1.54, 1.807) is 17.8 Å². The maximum absolute atomic E-state index is 13.7. The number of fused-ring (bicyclic) bond motifs is 2. The molecule has 1 aliphatic rings.